The molecule has 0 aromatic carbocycles. The number of likely N-dealkylation sites (N-methyl/N-ethyl adjacent to an activating group) is 1. The van der Waals surface area contributed by atoms with E-state index >= 15 is 0 Å². The fourth-order valence-corrected chi connectivity index (χ4v) is 2.34. The number of nitrogens with one attached hydrogen (secondary N) is 2. The van der Waals surface area contributed by atoms with Crippen molar-refractivity contribution in [3.05, 3.63) is 0 Å². The molecule has 2 atom stereocenters. The molecule has 0 radical (unpaired) electrons. The van der Waals surface area contributed by atoms with Crippen molar-refractivity contribution in [2.24, 2.45) is 5.41 Å². The largest absolute Gasteiger partial charge is 0.481 e. The summed E-state index contributed by atoms with van der Waals surface area (Å²) in [6, 6.07) is -0.842. The van der Waals surface area contributed by atoms with Crippen LogP contribution < -0.4 is 10.6 Å². The van der Waals surface area contributed by atoms with Gasteiger partial charge in [0.05, 0.1) is 5.41 Å². The number of urea groups is 1. The van der Waals surface area contributed by atoms with Crippen molar-refractivity contribution in [2.75, 3.05) is 20.1 Å². The highest BCUT2D eigenvalue weighted by Gasteiger charge is 2.35. The number of rotatable bonds is 5. The van der Waals surface area contributed by atoms with Gasteiger partial charge in [0.15, 0.2) is 0 Å². The maximum absolute atomic E-state index is 12.3. The number of piperidine rings is 1. The number of nitrogens with zero attached hydrogens (tertiary/aromatic N) is 1. The van der Waals surface area contributed by atoms with Crippen LogP contribution in [0.1, 0.15) is 39.5 Å². The predicted molar refractivity (Wildman–Crippen MR) is 77.8 cm³/mol. The number of carboxylic acids is 1. The third-order valence-electron chi connectivity index (χ3n) is 4.24. The molecule has 0 aromatic rings. The molecular weight excluding hydrogens is 274 g/mol. The molecule has 2 unspecified atom stereocenters. The summed E-state index contributed by atoms with van der Waals surface area (Å²) in [6.45, 7) is 3.94. The topological polar surface area (TPSA) is 98.7 Å². The standard InChI is InChI=1S/C14H25N3O4/c1-4-14(2,12(19)20)9-16-13(21)17-8-6-5-7-10(17)11(18)15-3/h10H,4-9H2,1-3H3,(H,15,18)(H,16,21)(H,19,20). The Morgan fingerprint density at radius 3 is 2.52 bits per heavy atom. The Bertz CT molecular complexity index is 413. The van der Waals surface area contributed by atoms with Gasteiger partial charge in [0, 0.05) is 20.1 Å². The maximum atomic E-state index is 12.3. The molecule has 21 heavy (non-hydrogen) atoms. The summed E-state index contributed by atoms with van der Waals surface area (Å²) >= 11 is 0. The lowest BCUT2D eigenvalue weighted by Crippen LogP contribution is -2.55. The van der Waals surface area contributed by atoms with E-state index in [1.165, 1.54) is 4.90 Å². The first-order valence-electron chi connectivity index (χ1n) is 7.35. The van der Waals surface area contributed by atoms with Crippen LogP contribution in [0.4, 0.5) is 4.79 Å². The molecule has 0 bridgehead atoms. The highest BCUT2D eigenvalue weighted by molar-refractivity contribution is 5.87. The monoisotopic (exact) mass is 299 g/mol. The van der Waals surface area contributed by atoms with Gasteiger partial charge in [-0.1, -0.05) is 6.92 Å². The second kappa shape index (κ2) is 7.28. The Morgan fingerprint density at radius 1 is 1.33 bits per heavy atom. The van der Waals surface area contributed by atoms with Crippen LogP contribution >= 0.6 is 0 Å². The fourth-order valence-electron chi connectivity index (χ4n) is 2.34. The van der Waals surface area contributed by atoms with Crippen LogP contribution in [0.3, 0.4) is 0 Å². The van der Waals surface area contributed by atoms with Gasteiger partial charge in [0.25, 0.3) is 0 Å². The Balaban J connectivity index is 2.68. The van der Waals surface area contributed by atoms with Crippen molar-refractivity contribution in [3.8, 4) is 0 Å². The minimum atomic E-state index is -0.992. The Labute approximate surface area is 125 Å². The van der Waals surface area contributed by atoms with E-state index < -0.39 is 17.4 Å². The van der Waals surface area contributed by atoms with Gasteiger partial charge in [0.1, 0.15) is 6.04 Å². The molecule has 1 aliphatic heterocycles. The Morgan fingerprint density at radius 2 is 2.00 bits per heavy atom. The van der Waals surface area contributed by atoms with E-state index in [0.29, 0.717) is 19.4 Å². The molecule has 0 aromatic heterocycles. The molecule has 1 heterocycles. The van der Waals surface area contributed by atoms with Crippen LogP contribution in [0, 0.1) is 5.41 Å². The van der Waals surface area contributed by atoms with E-state index in [4.69, 9.17) is 0 Å². The van der Waals surface area contributed by atoms with Crippen molar-refractivity contribution in [2.45, 2.75) is 45.6 Å². The van der Waals surface area contributed by atoms with Crippen LogP contribution in [-0.4, -0.2) is 54.1 Å². The number of likely N-dealkylation sites (tertiary alicyclic amines) is 1. The van der Waals surface area contributed by atoms with Crippen molar-refractivity contribution >= 4 is 17.9 Å². The summed E-state index contributed by atoms with van der Waals surface area (Å²) in [5.41, 5.74) is -0.992. The SMILES string of the molecule is CCC(C)(CNC(=O)N1CCCCC1C(=O)NC)C(=O)O. The summed E-state index contributed by atoms with van der Waals surface area (Å²) in [4.78, 5) is 36.8. The van der Waals surface area contributed by atoms with Crippen LogP contribution in [-0.2, 0) is 9.59 Å². The van der Waals surface area contributed by atoms with E-state index in [-0.39, 0.29) is 18.5 Å². The number of carbonyl (C=O) groups is 3. The van der Waals surface area contributed by atoms with E-state index in [1.807, 2.05) is 0 Å². The second-order valence-electron chi connectivity index (χ2n) is 5.70. The molecule has 7 nitrogen and oxygen atoms in total. The zero-order valence-corrected chi connectivity index (χ0v) is 12.9. The minimum absolute atomic E-state index is 0.0502. The van der Waals surface area contributed by atoms with Crippen LogP contribution in [0.2, 0.25) is 0 Å². The highest BCUT2D eigenvalue weighted by atomic mass is 16.4. The summed E-state index contributed by atoms with van der Waals surface area (Å²) in [5, 5.41) is 14.4. The highest BCUT2D eigenvalue weighted by Crippen LogP contribution is 2.21. The van der Waals surface area contributed by atoms with Crippen molar-refractivity contribution in [1.82, 2.24) is 15.5 Å². The molecule has 1 saturated heterocycles. The van der Waals surface area contributed by atoms with Gasteiger partial charge in [-0.05, 0) is 32.6 Å². The lowest BCUT2D eigenvalue weighted by atomic mass is 9.88. The number of hydrogen-bond acceptors (Lipinski definition) is 3. The van der Waals surface area contributed by atoms with Gasteiger partial charge >= 0.3 is 12.0 Å². The number of carbonyl (C=O) groups excluding carboxylic acids is 2. The summed E-state index contributed by atoms with van der Waals surface area (Å²) in [5.74, 6) is -1.12. The number of amides is 3. The normalized spacial score (nSPS) is 21.3. The van der Waals surface area contributed by atoms with Crippen molar-refractivity contribution in [1.29, 1.82) is 0 Å². The second-order valence-corrected chi connectivity index (χ2v) is 5.70. The molecule has 0 spiro atoms. The van der Waals surface area contributed by atoms with Crippen molar-refractivity contribution in [3.63, 3.8) is 0 Å². The number of carboxylic acid groups (broad SMARTS) is 1. The smallest absolute Gasteiger partial charge is 0.318 e. The third-order valence-corrected chi connectivity index (χ3v) is 4.24. The van der Waals surface area contributed by atoms with E-state index in [2.05, 4.69) is 10.6 Å². The molecule has 0 aliphatic carbocycles. The predicted octanol–water partition coefficient (Wildman–Crippen LogP) is 0.797. The molecule has 1 aliphatic rings. The zero-order chi connectivity index (χ0) is 16.0. The lowest BCUT2D eigenvalue weighted by molar-refractivity contribution is -0.147. The Hall–Kier alpha value is -1.79. The third kappa shape index (κ3) is 4.09. The minimum Gasteiger partial charge on any atom is -0.481 e. The van der Waals surface area contributed by atoms with E-state index in [0.717, 1.165) is 12.8 Å². The van der Waals surface area contributed by atoms with Crippen LogP contribution in [0.25, 0.3) is 0 Å². The maximum Gasteiger partial charge on any atom is 0.318 e. The molecule has 3 N–H and O–H groups in total. The Kier molecular flexibility index (Phi) is 5.99. The molecule has 120 valence electrons. The number of aliphatic carboxylic acids is 1. The van der Waals surface area contributed by atoms with Gasteiger partial charge in [-0.2, -0.15) is 0 Å². The summed E-state index contributed by atoms with van der Waals surface area (Å²) in [6.07, 6.45) is 2.81. The van der Waals surface area contributed by atoms with Gasteiger partial charge in [-0.25, -0.2) is 4.79 Å². The van der Waals surface area contributed by atoms with Gasteiger partial charge < -0.3 is 20.6 Å². The fraction of sp³-hybridized carbons (Fsp3) is 0.786. The first-order chi connectivity index (χ1) is 9.85. The van der Waals surface area contributed by atoms with Gasteiger partial charge in [-0.15, -0.1) is 0 Å². The first kappa shape index (κ1) is 17.3. The summed E-state index contributed by atoms with van der Waals surface area (Å²) < 4.78 is 0. The molecule has 7 heteroatoms. The zero-order valence-electron chi connectivity index (χ0n) is 12.9. The first-order valence-corrected chi connectivity index (χ1v) is 7.35. The van der Waals surface area contributed by atoms with E-state index in [9.17, 15) is 19.5 Å². The van der Waals surface area contributed by atoms with Crippen LogP contribution in [0.15, 0.2) is 0 Å². The van der Waals surface area contributed by atoms with Gasteiger partial charge in [0.2, 0.25) is 5.91 Å². The molecule has 1 fully saturated rings. The molecule has 3 amide bonds. The van der Waals surface area contributed by atoms with Crippen molar-refractivity contribution < 1.29 is 19.5 Å². The summed E-state index contributed by atoms with van der Waals surface area (Å²) in [7, 11) is 1.55. The average Bonchev–Trinajstić information content (AvgIpc) is 2.51. The van der Waals surface area contributed by atoms with E-state index in [1.54, 1.807) is 20.9 Å². The quantitative estimate of drug-likeness (QED) is 0.699. The molecule has 0 saturated carbocycles. The molecule has 1 rings (SSSR count). The van der Waals surface area contributed by atoms with Gasteiger partial charge in [-0.3, -0.25) is 9.59 Å². The number of hydrogen-bond donors (Lipinski definition) is 3. The molecular formula is C14H25N3O4. The van der Waals surface area contributed by atoms with Crippen LogP contribution in [0.5, 0.6) is 0 Å². The average molecular weight is 299 g/mol. The lowest BCUT2D eigenvalue weighted by Gasteiger charge is -2.35.